The molecule has 1 aliphatic heterocycles. The number of rotatable bonds is 3. The Morgan fingerprint density at radius 3 is 2.38 bits per heavy atom. The molecule has 29 heavy (non-hydrogen) atoms. The molecule has 1 saturated heterocycles. The van der Waals surface area contributed by atoms with Gasteiger partial charge in [-0.2, -0.15) is 13.2 Å². The van der Waals surface area contributed by atoms with E-state index >= 15 is 0 Å². The van der Waals surface area contributed by atoms with Crippen molar-refractivity contribution in [2.24, 2.45) is 0 Å². The van der Waals surface area contributed by atoms with E-state index in [2.05, 4.69) is 15.5 Å². The Kier molecular flexibility index (Phi) is 5.84. The van der Waals surface area contributed by atoms with E-state index in [9.17, 15) is 22.4 Å². The van der Waals surface area contributed by atoms with Gasteiger partial charge in [-0.25, -0.2) is 4.39 Å². The SMILES string of the molecule is CC(C)(C)c1nnc(N2CCC(c3ccc(F)cc3)C(NC(=O)C(F)(F)F)C2)s1. The van der Waals surface area contributed by atoms with Gasteiger partial charge >= 0.3 is 12.1 Å². The lowest BCUT2D eigenvalue weighted by Crippen LogP contribution is -2.54. The van der Waals surface area contributed by atoms with Crippen LogP contribution < -0.4 is 10.2 Å². The third-order valence-corrected chi connectivity index (χ3v) is 6.22. The van der Waals surface area contributed by atoms with E-state index in [1.165, 1.54) is 23.5 Å². The van der Waals surface area contributed by atoms with E-state index in [0.717, 1.165) is 5.01 Å². The summed E-state index contributed by atoms with van der Waals surface area (Å²) in [4.78, 5) is 13.4. The molecule has 158 valence electrons. The molecule has 1 aliphatic rings. The first-order valence-electron chi connectivity index (χ1n) is 9.17. The lowest BCUT2D eigenvalue weighted by molar-refractivity contribution is -0.174. The van der Waals surface area contributed by atoms with Crippen molar-refractivity contribution in [2.75, 3.05) is 18.0 Å². The number of nitrogens with one attached hydrogen (secondary N) is 1. The fraction of sp³-hybridized carbons (Fsp3) is 0.526. The summed E-state index contributed by atoms with van der Waals surface area (Å²) in [7, 11) is 0. The van der Waals surface area contributed by atoms with Gasteiger partial charge in [0, 0.05) is 24.4 Å². The quantitative estimate of drug-likeness (QED) is 0.748. The van der Waals surface area contributed by atoms with Gasteiger partial charge in [-0.1, -0.05) is 44.2 Å². The molecule has 0 bridgehead atoms. The zero-order valence-electron chi connectivity index (χ0n) is 16.3. The molecule has 1 aromatic carbocycles. The Morgan fingerprint density at radius 2 is 1.83 bits per heavy atom. The molecule has 0 radical (unpaired) electrons. The average Bonchev–Trinajstić information content (AvgIpc) is 3.12. The molecule has 2 aromatic rings. The van der Waals surface area contributed by atoms with E-state index in [0.29, 0.717) is 23.7 Å². The van der Waals surface area contributed by atoms with Gasteiger partial charge in [-0.3, -0.25) is 4.79 Å². The van der Waals surface area contributed by atoms with Crippen molar-refractivity contribution < 1.29 is 22.4 Å². The summed E-state index contributed by atoms with van der Waals surface area (Å²) < 4.78 is 51.8. The van der Waals surface area contributed by atoms with Crippen molar-refractivity contribution in [3.8, 4) is 0 Å². The lowest BCUT2D eigenvalue weighted by Gasteiger charge is -2.39. The number of halogens is 4. The van der Waals surface area contributed by atoms with Crippen molar-refractivity contribution in [1.29, 1.82) is 0 Å². The molecule has 2 unspecified atom stereocenters. The molecule has 2 atom stereocenters. The normalized spacial score (nSPS) is 20.6. The number of carbonyl (C=O) groups is 1. The Morgan fingerprint density at radius 1 is 1.17 bits per heavy atom. The van der Waals surface area contributed by atoms with E-state index in [1.807, 2.05) is 25.7 Å². The van der Waals surface area contributed by atoms with Crippen LogP contribution in [0.4, 0.5) is 22.7 Å². The molecule has 3 rings (SSSR count). The summed E-state index contributed by atoms with van der Waals surface area (Å²) in [5, 5.41) is 11.9. The Bertz CT molecular complexity index is 860. The Labute approximate surface area is 170 Å². The monoisotopic (exact) mass is 430 g/mol. The maximum atomic E-state index is 13.3. The van der Waals surface area contributed by atoms with Crippen molar-refractivity contribution in [3.05, 3.63) is 40.7 Å². The number of hydrogen-bond donors (Lipinski definition) is 1. The third-order valence-electron chi connectivity index (χ3n) is 4.81. The molecule has 1 aromatic heterocycles. The molecule has 1 N–H and O–H groups in total. The highest BCUT2D eigenvalue weighted by Gasteiger charge is 2.42. The molecule has 2 heterocycles. The molecular formula is C19H22F4N4OS. The lowest BCUT2D eigenvalue weighted by atomic mass is 9.85. The van der Waals surface area contributed by atoms with Crippen LogP contribution in [-0.4, -0.2) is 41.4 Å². The van der Waals surface area contributed by atoms with E-state index < -0.39 is 23.9 Å². The number of hydrogen-bond acceptors (Lipinski definition) is 5. The minimum Gasteiger partial charge on any atom is -0.345 e. The summed E-state index contributed by atoms with van der Waals surface area (Å²) in [6.45, 7) is 6.71. The summed E-state index contributed by atoms with van der Waals surface area (Å²) in [6, 6.07) is 4.83. The first kappa shape index (κ1) is 21.5. The highest BCUT2D eigenvalue weighted by atomic mass is 32.1. The first-order valence-corrected chi connectivity index (χ1v) is 9.99. The molecule has 0 spiro atoms. The van der Waals surface area contributed by atoms with Crippen molar-refractivity contribution in [2.45, 2.75) is 50.7 Å². The Hall–Kier alpha value is -2.23. The van der Waals surface area contributed by atoms with Gasteiger partial charge in [0.1, 0.15) is 10.8 Å². The van der Waals surface area contributed by atoms with Crippen molar-refractivity contribution >= 4 is 22.4 Å². The fourth-order valence-corrected chi connectivity index (χ4v) is 4.21. The van der Waals surface area contributed by atoms with E-state index in [1.54, 1.807) is 12.1 Å². The van der Waals surface area contributed by atoms with E-state index in [4.69, 9.17) is 0 Å². The largest absolute Gasteiger partial charge is 0.471 e. The number of nitrogens with zero attached hydrogens (tertiary/aromatic N) is 3. The molecular weight excluding hydrogens is 408 g/mol. The van der Waals surface area contributed by atoms with Crippen LogP contribution in [0.25, 0.3) is 0 Å². The van der Waals surface area contributed by atoms with Crippen LogP contribution in [0.3, 0.4) is 0 Å². The van der Waals surface area contributed by atoms with Gasteiger partial charge in [0.25, 0.3) is 0 Å². The number of piperidine rings is 1. The van der Waals surface area contributed by atoms with Gasteiger partial charge in [0.15, 0.2) is 0 Å². The number of anilines is 1. The summed E-state index contributed by atoms with van der Waals surface area (Å²) in [6.07, 6.45) is -4.49. The van der Waals surface area contributed by atoms with Gasteiger partial charge in [0.2, 0.25) is 5.13 Å². The first-order chi connectivity index (χ1) is 13.4. The number of carbonyl (C=O) groups excluding carboxylic acids is 1. The summed E-state index contributed by atoms with van der Waals surface area (Å²) in [5.74, 6) is -2.78. The second kappa shape index (κ2) is 7.89. The van der Waals surface area contributed by atoms with Crippen LogP contribution in [0.5, 0.6) is 0 Å². The summed E-state index contributed by atoms with van der Waals surface area (Å²) >= 11 is 1.39. The van der Waals surface area contributed by atoms with Crippen LogP contribution in [0.2, 0.25) is 0 Å². The smallest absolute Gasteiger partial charge is 0.345 e. The molecule has 5 nitrogen and oxygen atoms in total. The van der Waals surface area contributed by atoms with Crippen LogP contribution in [-0.2, 0) is 10.2 Å². The zero-order chi connectivity index (χ0) is 21.4. The Balaban J connectivity index is 1.84. The second-order valence-electron chi connectivity index (χ2n) is 8.11. The number of amides is 1. The predicted molar refractivity (Wildman–Crippen MR) is 103 cm³/mol. The van der Waals surface area contributed by atoms with Crippen LogP contribution in [0.15, 0.2) is 24.3 Å². The number of alkyl halides is 3. The highest BCUT2D eigenvalue weighted by Crippen LogP contribution is 2.35. The fourth-order valence-electron chi connectivity index (χ4n) is 3.28. The number of aromatic nitrogens is 2. The van der Waals surface area contributed by atoms with Gasteiger partial charge in [-0.05, 0) is 24.1 Å². The maximum Gasteiger partial charge on any atom is 0.471 e. The second-order valence-corrected chi connectivity index (χ2v) is 9.07. The molecule has 0 saturated carbocycles. The van der Waals surface area contributed by atoms with E-state index in [-0.39, 0.29) is 17.9 Å². The predicted octanol–water partition coefficient (Wildman–Crippen LogP) is 4.02. The van der Waals surface area contributed by atoms with Crippen LogP contribution in [0, 0.1) is 5.82 Å². The van der Waals surface area contributed by atoms with Crippen LogP contribution >= 0.6 is 11.3 Å². The van der Waals surface area contributed by atoms with Crippen LogP contribution in [0.1, 0.15) is 43.7 Å². The summed E-state index contributed by atoms with van der Waals surface area (Å²) in [5.41, 5.74) is 0.498. The molecule has 1 fully saturated rings. The van der Waals surface area contributed by atoms with Gasteiger partial charge in [0.05, 0.1) is 6.04 Å². The highest BCUT2D eigenvalue weighted by molar-refractivity contribution is 7.15. The molecule has 10 heteroatoms. The minimum absolute atomic E-state index is 0.155. The zero-order valence-corrected chi connectivity index (χ0v) is 17.1. The third kappa shape index (κ3) is 5.04. The van der Waals surface area contributed by atoms with Crippen molar-refractivity contribution in [1.82, 2.24) is 15.5 Å². The maximum absolute atomic E-state index is 13.3. The topological polar surface area (TPSA) is 58.1 Å². The molecule has 1 amide bonds. The van der Waals surface area contributed by atoms with Crippen molar-refractivity contribution in [3.63, 3.8) is 0 Å². The van der Waals surface area contributed by atoms with Gasteiger partial charge < -0.3 is 10.2 Å². The average molecular weight is 430 g/mol. The number of benzene rings is 1. The molecule has 0 aliphatic carbocycles. The van der Waals surface area contributed by atoms with Gasteiger partial charge in [-0.15, -0.1) is 10.2 Å². The standard InChI is InChI=1S/C19H22F4N4OS/c1-18(2,3)16-25-26-17(29-16)27-9-8-13(11-4-6-12(20)7-5-11)14(10-27)24-15(28)19(21,22)23/h4-7,13-14H,8-10H2,1-3H3,(H,24,28). The minimum atomic E-state index is -4.97.